The summed E-state index contributed by atoms with van der Waals surface area (Å²) >= 11 is 5.97. The second kappa shape index (κ2) is 9.03. The Labute approximate surface area is 189 Å². The molecule has 8 heteroatoms. The lowest BCUT2D eigenvalue weighted by Gasteiger charge is -2.24. The number of amides is 1. The van der Waals surface area contributed by atoms with E-state index in [-0.39, 0.29) is 23.6 Å². The van der Waals surface area contributed by atoms with Crippen molar-refractivity contribution in [2.24, 2.45) is 0 Å². The van der Waals surface area contributed by atoms with Crippen LogP contribution in [-0.4, -0.2) is 31.3 Å². The highest BCUT2D eigenvalue weighted by Crippen LogP contribution is 2.29. The lowest BCUT2D eigenvalue weighted by Crippen LogP contribution is -2.30. The fraction of sp³-hybridized carbons (Fsp3) is 0.0833. The van der Waals surface area contributed by atoms with Crippen LogP contribution in [0.15, 0.2) is 73.1 Å². The van der Waals surface area contributed by atoms with E-state index in [9.17, 15) is 15.0 Å². The number of carbonyl (C=O) groups is 1. The fourth-order valence-corrected chi connectivity index (χ4v) is 3.32. The minimum atomic E-state index is -0.416. The van der Waals surface area contributed by atoms with Gasteiger partial charge in [-0.3, -0.25) is 9.78 Å². The van der Waals surface area contributed by atoms with Gasteiger partial charge in [-0.1, -0.05) is 29.8 Å². The van der Waals surface area contributed by atoms with Crippen LogP contribution in [0.3, 0.4) is 0 Å². The standard InChI is InChI=1S/C24H19ClN4O3/c1-15-11-21(27-28-23(15)25)17-4-6-18(7-5-17)29(14-16-3-2-10-26-13-16)24(32)20-9-8-19(30)12-22(20)31/h2-13,30-31H,14H2,1H3. The highest BCUT2D eigenvalue weighted by atomic mass is 35.5. The Morgan fingerprint density at radius 3 is 2.47 bits per heavy atom. The molecule has 0 unspecified atom stereocenters. The SMILES string of the molecule is Cc1cc(-c2ccc(N(Cc3cccnc3)C(=O)c3ccc(O)cc3O)cc2)nnc1Cl. The Morgan fingerprint density at radius 1 is 1.03 bits per heavy atom. The molecule has 0 saturated carbocycles. The second-order valence-corrected chi connectivity index (χ2v) is 7.56. The lowest BCUT2D eigenvalue weighted by molar-refractivity contribution is 0.0982. The van der Waals surface area contributed by atoms with Crippen molar-refractivity contribution in [3.05, 3.63) is 94.9 Å². The minimum Gasteiger partial charge on any atom is -0.508 e. The molecule has 0 atom stereocenters. The van der Waals surface area contributed by atoms with E-state index in [0.717, 1.165) is 22.8 Å². The number of phenolic OH excluding ortho intramolecular Hbond substituents is 2. The molecular weight excluding hydrogens is 428 g/mol. The van der Waals surface area contributed by atoms with Crippen LogP contribution in [0.5, 0.6) is 11.5 Å². The molecule has 0 radical (unpaired) electrons. The Balaban J connectivity index is 1.70. The summed E-state index contributed by atoms with van der Waals surface area (Å²) in [6.07, 6.45) is 3.34. The molecular formula is C24H19ClN4O3. The number of nitrogens with zero attached hydrogens (tertiary/aromatic N) is 4. The Morgan fingerprint density at radius 2 is 1.81 bits per heavy atom. The van der Waals surface area contributed by atoms with Crippen molar-refractivity contribution in [1.82, 2.24) is 15.2 Å². The molecule has 0 bridgehead atoms. The van der Waals surface area contributed by atoms with E-state index in [1.54, 1.807) is 30.6 Å². The highest BCUT2D eigenvalue weighted by molar-refractivity contribution is 6.30. The molecule has 1 amide bonds. The molecule has 4 rings (SSSR count). The van der Waals surface area contributed by atoms with E-state index < -0.39 is 5.91 Å². The maximum absolute atomic E-state index is 13.3. The summed E-state index contributed by atoms with van der Waals surface area (Å²) < 4.78 is 0. The molecule has 32 heavy (non-hydrogen) atoms. The van der Waals surface area contributed by atoms with E-state index in [0.29, 0.717) is 16.5 Å². The van der Waals surface area contributed by atoms with Crippen LogP contribution in [-0.2, 0) is 6.54 Å². The Bertz CT molecular complexity index is 1260. The van der Waals surface area contributed by atoms with Gasteiger partial charge in [0.2, 0.25) is 0 Å². The fourth-order valence-electron chi connectivity index (χ4n) is 3.22. The lowest BCUT2D eigenvalue weighted by atomic mass is 10.1. The van der Waals surface area contributed by atoms with Crippen molar-refractivity contribution in [2.75, 3.05) is 4.90 Å². The zero-order valence-corrected chi connectivity index (χ0v) is 17.9. The summed E-state index contributed by atoms with van der Waals surface area (Å²) in [5, 5.41) is 28.2. The van der Waals surface area contributed by atoms with Crippen LogP contribution in [0.4, 0.5) is 5.69 Å². The van der Waals surface area contributed by atoms with E-state index in [4.69, 9.17) is 11.6 Å². The van der Waals surface area contributed by atoms with Crippen LogP contribution >= 0.6 is 11.6 Å². The molecule has 4 aromatic rings. The van der Waals surface area contributed by atoms with Crippen LogP contribution in [0, 0.1) is 6.92 Å². The van der Waals surface area contributed by atoms with E-state index in [1.165, 1.54) is 17.0 Å². The summed E-state index contributed by atoms with van der Waals surface area (Å²) in [6.45, 7) is 2.10. The number of phenols is 2. The van der Waals surface area contributed by atoms with Crippen molar-refractivity contribution >= 4 is 23.2 Å². The molecule has 2 aromatic heterocycles. The number of aromatic hydroxyl groups is 2. The first-order valence-electron chi connectivity index (χ1n) is 9.75. The van der Waals surface area contributed by atoms with Crippen molar-refractivity contribution in [1.29, 1.82) is 0 Å². The number of rotatable bonds is 5. The average Bonchev–Trinajstić information content (AvgIpc) is 2.80. The van der Waals surface area contributed by atoms with Crippen LogP contribution < -0.4 is 4.90 Å². The third kappa shape index (κ3) is 4.53. The largest absolute Gasteiger partial charge is 0.508 e. The summed E-state index contributed by atoms with van der Waals surface area (Å²) in [7, 11) is 0. The zero-order valence-electron chi connectivity index (χ0n) is 17.1. The van der Waals surface area contributed by atoms with Gasteiger partial charge in [0.15, 0.2) is 5.15 Å². The third-order valence-electron chi connectivity index (χ3n) is 4.92. The number of hydrogen-bond acceptors (Lipinski definition) is 6. The Hall–Kier alpha value is -3.97. The van der Waals surface area contributed by atoms with Crippen molar-refractivity contribution in [3.63, 3.8) is 0 Å². The first-order chi connectivity index (χ1) is 15.4. The molecule has 0 fully saturated rings. The van der Waals surface area contributed by atoms with Gasteiger partial charge in [0.1, 0.15) is 11.5 Å². The Kier molecular flexibility index (Phi) is 6.00. The topological polar surface area (TPSA) is 99.4 Å². The second-order valence-electron chi connectivity index (χ2n) is 7.20. The van der Waals surface area contributed by atoms with Gasteiger partial charge >= 0.3 is 0 Å². The first-order valence-corrected chi connectivity index (χ1v) is 10.1. The van der Waals surface area contributed by atoms with Gasteiger partial charge in [-0.05, 0) is 54.4 Å². The maximum Gasteiger partial charge on any atom is 0.262 e. The van der Waals surface area contributed by atoms with Gasteiger partial charge in [-0.15, -0.1) is 10.2 Å². The predicted molar refractivity (Wildman–Crippen MR) is 122 cm³/mol. The van der Waals surface area contributed by atoms with Gasteiger partial charge in [-0.2, -0.15) is 0 Å². The molecule has 2 aromatic carbocycles. The van der Waals surface area contributed by atoms with Crippen LogP contribution in [0.25, 0.3) is 11.3 Å². The van der Waals surface area contributed by atoms with Gasteiger partial charge < -0.3 is 15.1 Å². The van der Waals surface area contributed by atoms with Gasteiger partial charge in [0.05, 0.1) is 17.8 Å². The molecule has 160 valence electrons. The average molecular weight is 447 g/mol. The summed E-state index contributed by atoms with van der Waals surface area (Å²) in [5.74, 6) is -0.836. The first kappa shape index (κ1) is 21.3. The minimum absolute atomic E-state index is 0.0787. The van der Waals surface area contributed by atoms with E-state index in [2.05, 4.69) is 15.2 Å². The summed E-state index contributed by atoms with van der Waals surface area (Å²) in [6, 6.07) is 16.7. The molecule has 0 aliphatic carbocycles. The zero-order chi connectivity index (χ0) is 22.7. The molecule has 0 aliphatic heterocycles. The van der Waals surface area contributed by atoms with Crippen molar-refractivity contribution in [3.8, 4) is 22.8 Å². The van der Waals surface area contributed by atoms with E-state index in [1.807, 2.05) is 31.2 Å². The normalized spacial score (nSPS) is 10.7. The van der Waals surface area contributed by atoms with Crippen molar-refractivity contribution < 1.29 is 15.0 Å². The van der Waals surface area contributed by atoms with Gasteiger partial charge in [0, 0.05) is 29.7 Å². The molecule has 2 N–H and O–H groups in total. The quantitative estimate of drug-likeness (QED) is 0.458. The number of benzene rings is 2. The smallest absolute Gasteiger partial charge is 0.262 e. The molecule has 2 heterocycles. The summed E-state index contributed by atoms with van der Waals surface area (Å²) in [5.41, 5.74) is 3.82. The molecule has 7 nitrogen and oxygen atoms in total. The molecule has 0 aliphatic rings. The van der Waals surface area contributed by atoms with E-state index >= 15 is 0 Å². The van der Waals surface area contributed by atoms with Gasteiger partial charge in [0.25, 0.3) is 5.91 Å². The predicted octanol–water partition coefficient (Wildman–Crippen LogP) is 4.76. The van der Waals surface area contributed by atoms with Crippen molar-refractivity contribution in [2.45, 2.75) is 13.5 Å². The highest BCUT2D eigenvalue weighted by Gasteiger charge is 2.22. The maximum atomic E-state index is 13.3. The number of hydrogen-bond donors (Lipinski definition) is 2. The molecule has 0 spiro atoms. The number of pyridine rings is 1. The number of carbonyl (C=O) groups excluding carboxylic acids is 1. The number of anilines is 1. The van der Waals surface area contributed by atoms with Gasteiger partial charge in [-0.25, -0.2) is 0 Å². The number of aromatic nitrogens is 3. The number of aryl methyl sites for hydroxylation is 1. The third-order valence-corrected chi connectivity index (χ3v) is 5.29. The molecule has 0 saturated heterocycles. The van der Waals surface area contributed by atoms with Crippen LogP contribution in [0.1, 0.15) is 21.5 Å². The number of halogens is 1. The monoisotopic (exact) mass is 446 g/mol. The summed E-state index contributed by atoms with van der Waals surface area (Å²) in [4.78, 5) is 19.0. The van der Waals surface area contributed by atoms with Crippen LogP contribution in [0.2, 0.25) is 5.15 Å².